The predicted molar refractivity (Wildman–Crippen MR) is 59.9 cm³/mol. The molecule has 80 valence electrons. The van der Waals surface area contributed by atoms with E-state index in [0.29, 0.717) is 18.1 Å². The highest BCUT2D eigenvalue weighted by molar-refractivity contribution is 6.30. The number of benzene rings is 1. The highest BCUT2D eigenvalue weighted by atomic mass is 35.5. The van der Waals surface area contributed by atoms with Gasteiger partial charge in [-0.25, -0.2) is 4.79 Å². The lowest BCUT2D eigenvalue weighted by atomic mass is 10.2. The molecule has 0 atom stereocenters. The number of hydrogen-bond donors (Lipinski definition) is 2. The molecular weight excluding hydrogens is 214 g/mol. The molecule has 0 unspecified atom stereocenters. The second-order valence-corrected chi connectivity index (χ2v) is 3.44. The Bertz CT molecular complexity index is 363. The Balaban J connectivity index is 2.29. The lowest BCUT2D eigenvalue weighted by molar-refractivity contribution is -0.131. The molecule has 15 heavy (non-hydrogen) atoms. The lowest BCUT2D eigenvalue weighted by Gasteiger charge is -2.01. The van der Waals surface area contributed by atoms with Crippen molar-refractivity contribution >= 4 is 17.6 Å². The van der Waals surface area contributed by atoms with Gasteiger partial charge in [0.2, 0.25) is 0 Å². The van der Waals surface area contributed by atoms with E-state index in [4.69, 9.17) is 16.7 Å². The molecule has 3 nitrogen and oxygen atoms in total. The summed E-state index contributed by atoms with van der Waals surface area (Å²) in [5, 5.41) is 12.1. The van der Waals surface area contributed by atoms with E-state index in [1.54, 1.807) is 6.08 Å². The van der Waals surface area contributed by atoms with Crippen LogP contribution in [0.1, 0.15) is 5.56 Å². The van der Waals surface area contributed by atoms with Gasteiger partial charge in [0.25, 0.3) is 0 Å². The van der Waals surface area contributed by atoms with E-state index < -0.39 is 5.97 Å². The van der Waals surface area contributed by atoms with Gasteiger partial charge in [0, 0.05) is 24.2 Å². The van der Waals surface area contributed by atoms with Crippen molar-refractivity contribution in [1.29, 1.82) is 0 Å². The quantitative estimate of drug-likeness (QED) is 0.596. The van der Waals surface area contributed by atoms with Gasteiger partial charge >= 0.3 is 5.97 Å². The van der Waals surface area contributed by atoms with Crippen LogP contribution in [0.15, 0.2) is 36.4 Å². The summed E-state index contributed by atoms with van der Waals surface area (Å²) < 4.78 is 0. The van der Waals surface area contributed by atoms with Gasteiger partial charge in [0.05, 0.1) is 0 Å². The molecule has 0 amide bonds. The third-order valence-corrected chi connectivity index (χ3v) is 1.98. The van der Waals surface area contributed by atoms with E-state index in [1.165, 1.54) is 0 Å². The van der Waals surface area contributed by atoms with Crippen LogP contribution in [-0.2, 0) is 11.3 Å². The van der Waals surface area contributed by atoms with Gasteiger partial charge in [-0.3, -0.25) is 0 Å². The summed E-state index contributed by atoms with van der Waals surface area (Å²) in [6, 6.07) is 7.52. The summed E-state index contributed by atoms with van der Waals surface area (Å²) in [7, 11) is 0. The van der Waals surface area contributed by atoms with Crippen LogP contribution in [0.3, 0.4) is 0 Å². The predicted octanol–water partition coefficient (Wildman–Crippen LogP) is 2.07. The number of halogens is 1. The van der Waals surface area contributed by atoms with Crippen molar-refractivity contribution in [3.8, 4) is 0 Å². The topological polar surface area (TPSA) is 49.3 Å². The Labute approximate surface area is 93.4 Å². The van der Waals surface area contributed by atoms with Gasteiger partial charge in [-0.05, 0) is 17.7 Å². The van der Waals surface area contributed by atoms with Crippen LogP contribution < -0.4 is 5.32 Å². The molecule has 1 aromatic carbocycles. The van der Waals surface area contributed by atoms with Crippen molar-refractivity contribution in [1.82, 2.24) is 5.32 Å². The van der Waals surface area contributed by atoms with Gasteiger partial charge in [0.15, 0.2) is 0 Å². The van der Waals surface area contributed by atoms with E-state index in [2.05, 4.69) is 5.32 Å². The molecule has 0 saturated heterocycles. The van der Waals surface area contributed by atoms with E-state index in [-0.39, 0.29) is 0 Å². The number of carboxylic acid groups (broad SMARTS) is 1. The zero-order valence-electron chi connectivity index (χ0n) is 8.11. The Hall–Kier alpha value is -1.32. The third kappa shape index (κ3) is 5.20. The van der Waals surface area contributed by atoms with Crippen molar-refractivity contribution in [2.24, 2.45) is 0 Å². The molecule has 2 N–H and O–H groups in total. The fourth-order valence-electron chi connectivity index (χ4n) is 1.11. The van der Waals surface area contributed by atoms with E-state index >= 15 is 0 Å². The highest BCUT2D eigenvalue weighted by Crippen LogP contribution is 2.09. The minimum atomic E-state index is -0.931. The maximum atomic E-state index is 10.1. The van der Waals surface area contributed by atoms with E-state index in [1.807, 2.05) is 24.3 Å². The summed E-state index contributed by atoms with van der Waals surface area (Å²) in [4.78, 5) is 10.1. The molecule has 1 aromatic rings. The first-order chi connectivity index (χ1) is 7.18. The zero-order chi connectivity index (χ0) is 11.1. The Morgan fingerprint density at radius 1 is 1.53 bits per heavy atom. The van der Waals surface area contributed by atoms with Crippen LogP contribution in [-0.4, -0.2) is 17.6 Å². The second-order valence-electron chi connectivity index (χ2n) is 3.00. The molecule has 0 bridgehead atoms. The maximum Gasteiger partial charge on any atom is 0.328 e. The molecule has 0 heterocycles. The van der Waals surface area contributed by atoms with Crippen LogP contribution in [0.5, 0.6) is 0 Å². The van der Waals surface area contributed by atoms with Crippen LogP contribution in [0.4, 0.5) is 0 Å². The number of rotatable bonds is 5. The average Bonchev–Trinajstić information content (AvgIpc) is 2.17. The Morgan fingerprint density at radius 2 is 2.33 bits per heavy atom. The van der Waals surface area contributed by atoms with Crippen LogP contribution in [0, 0.1) is 0 Å². The number of carboxylic acids is 1. The molecule has 0 spiro atoms. The molecule has 4 heteroatoms. The normalized spacial score (nSPS) is 10.7. The third-order valence-electron chi connectivity index (χ3n) is 1.74. The standard InChI is InChI=1S/C11H12ClNO2/c12-10-4-1-3-9(7-10)8-13-6-2-5-11(14)15/h1-5,7,13H,6,8H2,(H,14,15)/b5-2+. The molecule has 0 aliphatic heterocycles. The first kappa shape index (κ1) is 11.8. The number of carbonyl (C=O) groups is 1. The summed E-state index contributed by atoms with van der Waals surface area (Å²) in [6.07, 6.45) is 2.68. The van der Waals surface area contributed by atoms with Gasteiger partial charge in [-0.15, -0.1) is 0 Å². The molecule has 0 saturated carbocycles. The minimum absolute atomic E-state index is 0.527. The van der Waals surface area contributed by atoms with Crippen LogP contribution >= 0.6 is 11.6 Å². The number of aliphatic carboxylic acids is 1. The zero-order valence-corrected chi connectivity index (χ0v) is 8.87. The Morgan fingerprint density at radius 3 is 3.00 bits per heavy atom. The SMILES string of the molecule is O=C(O)/C=C/CNCc1cccc(Cl)c1. The van der Waals surface area contributed by atoms with Gasteiger partial charge in [0.1, 0.15) is 0 Å². The van der Waals surface area contributed by atoms with Crippen LogP contribution in [0.2, 0.25) is 5.02 Å². The lowest BCUT2D eigenvalue weighted by Crippen LogP contribution is -2.13. The number of hydrogen-bond acceptors (Lipinski definition) is 2. The minimum Gasteiger partial charge on any atom is -0.478 e. The highest BCUT2D eigenvalue weighted by Gasteiger charge is 1.92. The smallest absolute Gasteiger partial charge is 0.328 e. The van der Waals surface area contributed by atoms with Gasteiger partial charge in [-0.2, -0.15) is 0 Å². The summed E-state index contributed by atoms with van der Waals surface area (Å²) in [5.74, 6) is -0.931. The van der Waals surface area contributed by atoms with Crippen molar-refractivity contribution in [2.45, 2.75) is 6.54 Å². The first-order valence-corrected chi connectivity index (χ1v) is 4.91. The first-order valence-electron chi connectivity index (χ1n) is 4.53. The Kier molecular flexibility index (Phi) is 4.87. The average molecular weight is 226 g/mol. The summed E-state index contributed by atoms with van der Waals surface area (Å²) >= 11 is 5.81. The fraction of sp³-hybridized carbons (Fsp3) is 0.182. The van der Waals surface area contributed by atoms with E-state index in [9.17, 15) is 4.79 Å². The second kappa shape index (κ2) is 6.22. The number of nitrogens with one attached hydrogen (secondary N) is 1. The van der Waals surface area contributed by atoms with Crippen LogP contribution in [0.25, 0.3) is 0 Å². The monoisotopic (exact) mass is 225 g/mol. The molecule has 0 fully saturated rings. The fourth-order valence-corrected chi connectivity index (χ4v) is 1.32. The summed E-state index contributed by atoms with van der Waals surface area (Å²) in [6.45, 7) is 1.20. The maximum absolute atomic E-state index is 10.1. The van der Waals surface area contributed by atoms with Gasteiger partial charge < -0.3 is 10.4 Å². The molecule has 1 rings (SSSR count). The van der Waals surface area contributed by atoms with Crippen molar-refractivity contribution < 1.29 is 9.90 Å². The van der Waals surface area contributed by atoms with Crippen molar-refractivity contribution in [2.75, 3.05) is 6.54 Å². The largest absolute Gasteiger partial charge is 0.478 e. The molecule has 0 aliphatic carbocycles. The molecule has 0 radical (unpaired) electrons. The summed E-state index contributed by atoms with van der Waals surface area (Å²) in [5.41, 5.74) is 1.08. The molecular formula is C11H12ClNO2. The molecule has 0 aliphatic rings. The van der Waals surface area contributed by atoms with E-state index in [0.717, 1.165) is 11.6 Å². The van der Waals surface area contributed by atoms with Crippen molar-refractivity contribution in [3.63, 3.8) is 0 Å². The van der Waals surface area contributed by atoms with Gasteiger partial charge in [-0.1, -0.05) is 29.8 Å². The van der Waals surface area contributed by atoms with Crippen molar-refractivity contribution in [3.05, 3.63) is 47.0 Å². The molecule has 0 aromatic heterocycles.